The fourth-order valence-corrected chi connectivity index (χ4v) is 2.04. The van der Waals surface area contributed by atoms with Gasteiger partial charge in [-0.2, -0.15) is 0 Å². The van der Waals surface area contributed by atoms with E-state index in [0.717, 1.165) is 0 Å². The maximum atomic E-state index is 12.3. The summed E-state index contributed by atoms with van der Waals surface area (Å²) < 4.78 is 9.69. The second-order valence-electron chi connectivity index (χ2n) is 4.80. The van der Waals surface area contributed by atoms with Crippen molar-refractivity contribution in [2.24, 2.45) is 5.92 Å². The number of amides is 2. The molecule has 0 bridgehead atoms. The van der Waals surface area contributed by atoms with Crippen molar-refractivity contribution in [2.75, 3.05) is 39.2 Å². The molecule has 1 aromatic rings. The third-order valence-corrected chi connectivity index (χ3v) is 3.26. The standard InChI is InChI=1S/C15H21ClN2O4/c1-11(14(19)22-3)10-18(7-8-21-2)15(20)17-13-6-4-5-12(16)9-13/h4-6,9,11H,7-8,10H2,1-3H3,(H,17,20). The molecular formula is C15H21ClN2O4. The van der Waals surface area contributed by atoms with Gasteiger partial charge in [0.1, 0.15) is 0 Å². The molecule has 1 atom stereocenters. The van der Waals surface area contributed by atoms with Crippen LogP contribution in [0.25, 0.3) is 0 Å². The number of hydrogen-bond acceptors (Lipinski definition) is 4. The summed E-state index contributed by atoms with van der Waals surface area (Å²) in [6.45, 7) is 2.68. The number of nitrogens with one attached hydrogen (secondary N) is 1. The van der Waals surface area contributed by atoms with Crippen molar-refractivity contribution in [3.63, 3.8) is 0 Å². The summed E-state index contributed by atoms with van der Waals surface area (Å²) in [4.78, 5) is 25.4. The van der Waals surface area contributed by atoms with Crippen molar-refractivity contribution in [1.82, 2.24) is 4.90 Å². The molecule has 0 aromatic heterocycles. The summed E-state index contributed by atoms with van der Waals surface area (Å²) >= 11 is 5.89. The number of benzene rings is 1. The molecule has 1 rings (SSSR count). The van der Waals surface area contributed by atoms with Gasteiger partial charge in [0.2, 0.25) is 0 Å². The van der Waals surface area contributed by atoms with E-state index in [9.17, 15) is 9.59 Å². The Balaban J connectivity index is 2.73. The van der Waals surface area contributed by atoms with Crippen LogP contribution in [0.2, 0.25) is 5.02 Å². The number of carbonyl (C=O) groups is 2. The number of halogens is 1. The van der Waals surface area contributed by atoms with Crippen LogP contribution in [-0.2, 0) is 14.3 Å². The molecule has 7 heteroatoms. The van der Waals surface area contributed by atoms with E-state index in [-0.39, 0.29) is 18.5 Å². The largest absolute Gasteiger partial charge is 0.469 e. The first-order valence-electron chi connectivity index (χ1n) is 6.86. The zero-order valence-corrected chi connectivity index (χ0v) is 13.7. The van der Waals surface area contributed by atoms with Crippen LogP contribution in [0, 0.1) is 5.92 Å². The van der Waals surface area contributed by atoms with Crippen LogP contribution in [-0.4, -0.2) is 50.8 Å². The Morgan fingerprint density at radius 1 is 1.36 bits per heavy atom. The van der Waals surface area contributed by atoms with Gasteiger partial charge < -0.3 is 19.7 Å². The van der Waals surface area contributed by atoms with Crippen LogP contribution in [0.15, 0.2) is 24.3 Å². The van der Waals surface area contributed by atoms with E-state index in [1.54, 1.807) is 38.3 Å². The summed E-state index contributed by atoms with van der Waals surface area (Å²) in [5.41, 5.74) is 0.589. The fourth-order valence-electron chi connectivity index (χ4n) is 1.85. The van der Waals surface area contributed by atoms with E-state index in [1.807, 2.05) is 0 Å². The number of carbonyl (C=O) groups excluding carboxylic acids is 2. The highest BCUT2D eigenvalue weighted by molar-refractivity contribution is 6.30. The number of ether oxygens (including phenoxy) is 2. The Morgan fingerprint density at radius 3 is 2.68 bits per heavy atom. The van der Waals surface area contributed by atoms with E-state index < -0.39 is 5.92 Å². The molecule has 0 aliphatic heterocycles. The van der Waals surface area contributed by atoms with Gasteiger partial charge in [0.05, 0.1) is 19.6 Å². The molecule has 0 spiro atoms. The first-order chi connectivity index (χ1) is 10.5. The van der Waals surface area contributed by atoms with E-state index in [1.165, 1.54) is 12.0 Å². The lowest BCUT2D eigenvalue weighted by atomic mass is 10.1. The smallest absolute Gasteiger partial charge is 0.321 e. The predicted molar refractivity (Wildman–Crippen MR) is 85.1 cm³/mol. The third-order valence-electron chi connectivity index (χ3n) is 3.03. The number of anilines is 1. The van der Waals surface area contributed by atoms with Crippen LogP contribution >= 0.6 is 11.6 Å². The number of hydrogen-bond donors (Lipinski definition) is 1. The lowest BCUT2D eigenvalue weighted by molar-refractivity contribution is -0.145. The summed E-state index contributed by atoms with van der Waals surface area (Å²) in [7, 11) is 2.88. The summed E-state index contributed by atoms with van der Waals surface area (Å²) in [6.07, 6.45) is 0. The Labute approximate surface area is 135 Å². The Kier molecular flexibility index (Phi) is 7.70. The van der Waals surface area contributed by atoms with Gasteiger partial charge in [-0.3, -0.25) is 4.79 Å². The van der Waals surface area contributed by atoms with Gasteiger partial charge in [0, 0.05) is 30.9 Å². The zero-order chi connectivity index (χ0) is 16.5. The second-order valence-corrected chi connectivity index (χ2v) is 5.24. The summed E-state index contributed by atoms with van der Waals surface area (Å²) in [6, 6.07) is 6.53. The quantitative estimate of drug-likeness (QED) is 0.781. The molecule has 0 heterocycles. The Hall–Kier alpha value is -1.79. The number of esters is 1. The molecule has 122 valence electrons. The SMILES string of the molecule is COCCN(CC(C)C(=O)OC)C(=O)Nc1cccc(Cl)c1. The number of rotatable bonds is 7. The number of urea groups is 1. The number of methoxy groups -OCH3 is 2. The molecule has 2 amide bonds. The van der Waals surface area contributed by atoms with Gasteiger partial charge in [-0.15, -0.1) is 0 Å². The highest BCUT2D eigenvalue weighted by Crippen LogP contribution is 2.15. The Bertz CT molecular complexity index is 510. The lowest BCUT2D eigenvalue weighted by Crippen LogP contribution is -2.41. The Morgan fingerprint density at radius 2 is 2.09 bits per heavy atom. The van der Waals surface area contributed by atoms with E-state index in [2.05, 4.69) is 10.1 Å². The summed E-state index contributed by atoms with van der Waals surface area (Å²) in [5.74, 6) is -0.787. The van der Waals surface area contributed by atoms with E-state index >= 15 is 0 Å². The average Bonchev–Trinajstić information content (AvgIpc) is 2.50. The molecule has 0 aliphatic rings. The van der Waals surface area contributed by atoms with Crippen LogP contribution in [0.5, 0.6) is 0 Å². The zero-order valence-electron chi connectivity index (χ0n) is 13.0. The van der Waals surface area contributed by atoms with Crippen molar-refractivity contribution in [3.8, 4) is 0 Å². The molecule has 1 unspecified atom stereocenters. The normalized spacial score (nSPS) is 11.6. The molecule has 0 aliphatic carbocycles. The van der Waals surface area contributed by atoms with Gasteiger partial charge in [-0.25, -0.2) is 4.79 Å². The highest BCUT2D eigenvalue weighted by atomic mass is 35.5. The molecule has 0 saturated heterocycles. The molecular weight excluding hydrogens is 308 g/mol. The second kappa shape index (κ2) is 9.27. The minimum atomic E-state index is -0.424. The van der Waals surface area contributed by atoms with Crippen molar-refractivity contribution < 1.29 is 19.1 Å². The van der Waals surface area contributed by atoms with E-state index in [0.29, 0.717) is 23.9 Å². The van der Waals surface area contributed by atoms with Crippen molar-refractivity contribution in [1.29, 1.82) is 0 Å². The topological polar surface area (TPSA) is 67.9 Å². The molecule has 1 aromatic carbocycles. The van der Waals surface area contributed by atoms with Crippen LogP contribution in [0.4, 0.5) is 10.5 Å². The number of nitrogens with zero attached hydrogens (tertiary/aromatic N) is 1. The van der Waals surface area contributed by atoms with Gasteiger partial charge in [-0.1, -0.05) is 24.6 Å². The van der Waals surface area contributed by atoms with Gasteiger partial charge >= 0.3 is 12.0 Å². The maximum absolute atomic E-state index is 12.3. The van der Waals surface area contributed by atoms with Crippen molar-refractivity contribution >= 4 is 29.3 Å². The monoisotopic (exact) mass is 328 g/mol. The van der Waals surface area contributed by atoms with Crippen LogP contribution < -0.4 is 5.32 Å². The minimum Gasteiger partial charge on any atom is -0.469 e. The maximum Gasteiger partial charge on any atom is 0.321 e. The van der Waals surface area contributed by atoms with Crippen molar-refractivity contribution in [2.45, 2.75) is 6.92 Å². The van der Waals surface area contributed by atoms with Gasteiger partial charge in [0.15, 0.2) is 0 Å². The fraction of sp³-hybridized carbons (Fsp3) is 0.467. The summed E-state index contributed by atoms with van der Waals surface area (Å²) in [5, 5.41) is 3.28. The van der Waals surface area contributed by atoms with Gasteiger partial charge in [0.25, 0.3) is 0 Å². The third kappa shape index (κ3) is 5.91. The van der Waals surface area contributed by atoms with Crippen LogP contribution in [0.3, 0.4) is 0 Å². The molecule has 1 N–H and O–H groups in total. The van der Waals surface area contributed by atoms with Crippen molar-refractivity contribution in [3.05, 3.63) is 29.3 Å². The predicted octanol–water partition coefficient (Wildman–Crippen LogP) is 2.63. The first kappa shape index (κ1) is 18.3. The molecule has 22 heavy (non-hydrogen) atoms. The first-order valence-corrected chi connectivity index (χ1v) is 7.24. The molecule has 0 fully saturated rings. The minimum absolute atomic E-state index is 0.239. The molecule has 6 nitrogen and oxygen atoms in total. The molecule has 0 saturated carbocycles. The average molecular weight is 329 g/mol. The van der Waals surface area contributed by atoms with E-state index in [4.69, 9.17) is 16.3 Å². The van der Waals surface area contributed by atoms with Crippen LogP contribution in [0.1, 0.15) is 6.92 Å². The molecule has 0 radical (unpaired) electrons. The highest BCUT2D eigenvalue weighted by Gasteiger charge is 2.21. The van der Waals surface area contributed by atoms with Gasteiger partial charge in [-0.05, 0) is 18.2 Å². The lowest BCUT2D eigenvalue weighted by Gasteiger charge is -2.25.